The third-order valence-corrected chi connectivity index (χ3v) is 2.54. The van der Waals surface area contributed by atoms with Crippen LogP contribution in [0.5, 0.6) is 0 Å². The fraction of sp³-hybridized carbons (Fsp3) is 0.900. The second-order valence-electron chi connectivity index (χ2n) is 3.89. The summed E-state index contributed by atoms with van der Waals surface area (Å²) in [6.07, 6.45) is 1.20. The van der Waals surface area contributed by atoms with Crippen LogP contribution in [0.1, 0.15) is 40.5 Å². The number of rotatable bonds is 6. The zero-order valence-corrected chi connectivity index (χ0v) is 9.86. The maximum atomic E-state index is 11.7. The van der Waals surface area contributed by atoms with Gasteiger partial charge in [-0.05, 0) is 32.2 Å². The Morgan fingerprint density at radius 3 is 2.60 bits per heavy atom. The van der Waals surface area contributed by atoms with Gasteiger partial charge in [0.15, 0.2) is 0 Å². The minimum Gasteiger partial charge on any atom is -0.466 e. The Morgan fingerprint density at radius 1 is 1.60 bits per heavy atom. The first-order valence-electron chi connectivity index (χ1n) is 5.21. The van der Waals surface area contributed by atoms with E-state index in [0.29, 0.717) is 19.4 Å². The van der Waals surface area contributed by atoms with E-state index in [9.17, 15) is 4.79 Å². The second-order valence-corrected chi connectivity index (χ2v) is 3.89. The molecule has 0 aliphatic rings. The lowest BCUT2D eigenvalue weighted by Crippen LogP contribution is -2.32. The molecule has 0 saturated carbocycles. The van der Waals surface area contributed by atoms with E-state index >= 15 is 0 Å². The van der Waals surface area contributed by atoms with Gasteiger partial charge in [-0.25, -0.2) is 0 Å². The molecule has 0 aromatic rings. The monoisotopic (exact) mass is 213 g/mol. The Morgan fingerprint density at radius 2 is 2.20 bits per heavy atom. The van der Waals surface area contributed by atoms with Crippen LogP contribution in [0.2, 0.25) is 0 Å². The summed E-state index contributed by atoms with van der Waals surface area (Å²) in [5.74, 6) is -0.215. The highest BCUT2D eigenvalue weighted by atomic mass is 16.5. The van der Waals surface area contributed by atoms with Gasteiger partial charge in [0.25, 0.3) is 0 Å². The van der Waals surface area contributed by atoms with Crippen LogP contribution in [-0.2, 0) is 9.53 Å². The molecule has 0 bridgehead atoms. The van der Waals surface area contributed by atoms with Crippen molar-refractivity contribution in [1.82, 2.24) is 0 Å². The third kappa shape index (κ3) is 4.21. The van der Waals surface area contributed by atoms with Crippen molar-refractivity contribution in [2.24, 2.45) is 10.5 Å². The summed E-state index contributed by atoms with van der Waals surface area (Å²) in [6.45, 7) is 7.73. The second kappa shape index (κ2) is 6.30. The summed E-state index contributed by atoms with van der Waals surface area (Å²) >= 11 is 0. The quantitative estimate of drug-likeness (QED) is 0.294. The molecule has 0 aromatic heterocycles. The molecular weight excluding hydrogens is 194 g/mol. The molecule has 0 N–H and O–H groups in total. The molecule has 0 aromatic carbocycles. The van der Waals surface area contributed by atoms with Gasteiger partial charge in [-0.3, -0.25) is 4.79 Å². The van der Waals surface area contributed by atoms with Crippen molar-refractivity contribution in [3.63, 3.8) is 0 Å². The van der Waals surface area contributed by atoms with E-state index in [1.807, 2.05) is 13.8 Å². The van der Waals surface area contributed by atoms with E-state index in [0.717, 1.165) is 0 Å². The molecule has 5 nitrogen and oxygen atoms in total. The number of hydrogen-bond acceptors (Lipinski definition) is 3. The van der Waals surface area contributed by atoms with E-state index in [4.69, 9.17) is 10.3 Å². The Hall–Kier alpha value is -1.22. The number of nitrogens with zero attached hydrogens (tertiary/aromatic N) is 3. The fourth-order valence-electron chi connectivity index (χ4n) is 1.46. The van der Waals surface area contributed by atoms with Gasteiger partial charge in [0.1, 0.15) is 0 Å². The van der Waals surface area contributed by atoms with E-state index in [1.54, 1.807) is 13.8 Å². The van der Waals surface area contributed by atoms with Crippen molar-refractivity contribution in [3.8, 4) is 0 Å². The highest BCUT2D eigenvalue weighted by Gasteiger charge is 2.34. The van der Waals surface area contributed by atoms with Gasteiger partial charge in [0.05, 0.1) is 12.0 Å². The van der Waals surface area contributed by atoms with Gasteiger partial charge in [0.2, 0.25) is 0 Å². The standard InChI is InChI=1S/C10H19N3O2/c1-5-10(4,9(14)15-6-2)7-8(3)12-13-11/h8H,5-7H2,1-4H3. The lowest BCUT2D eigenvalue weighted by atomic mass is 9.81. The van der Waals surface area contributed by atoms with Crippen molar-refractivity contribution < 1.29 is 9.53 Å². The molecule has 5 heteroatoms. The van der Waals surface area contributed by atoms with Gasteiger partial charge < -0.3 is 4.74 Å². The zero-order valence-electron chi connectivity index (χ0n) is 9.86. The first kappa shape index (κ1) is 13.8. The highest BCUT2D eigenvalue weighted by molar-refractivity contribution is 5.76. The molecule has 0 aliphatic heterocycles. The van der Waals surface area contributed by atoms with Crippen LogP contribution < -0.4 is 0 Å². The van der Waals surface area contributed by atoms with Gasteiger partial charge in [-0.15, -0.1) is 0 Å². The van der Waals surface area contributed by atoms with Crippen LogP contribution in [0, 0.1) is 5.41 Å². The lowest BCUT2D eigenvalue weighted by Gasteiger charge is -2.27. The van der Waals surface area contributed by atoms with Crippen LogP contribution >= 0.6 is 0 Å². The van der Waals surface area contributed by atoms with Gasteiger partial charge in [0, 0.05) is 11.0 Å². The molecule has 0 saturated heterocycles. The van der Waals surface area contributed by atoms with Crippen LogP contribution in [0.4, 0.5) is 0 Å². The van der Waals surface area contributed by atoms with Crippen molar-refractivity contribution in [2.45, 2.75) is 46.6 Å². The van der Waals surface area contributed by atoms with Crippen LogP contribution in [0.15, 0.2) is 5.11 Å². The summed E-state index contributed by atoms with van der Waals surface area (Å²) < 4.78 is 5.00. The molecule has 2 unspecified atom stereocenters. The van der Waals surface area contributed by atoms with Crippen molar-refractivity contribution in [1.29, 1.82) is 0 Å². The van der Waals surface area contributed by atoms with Crippen molar-refractivity contribution >= 4 is 5.97 Å². The number of carbonyl (C=O) groups excluding carboxylic acids is 1. The minimum absolute atomic E-state index is 0.190. The predicted octanol–water partition coefficient (Wildman–Crippen LogP) is 3.05. The molecule has 0 fully saturated rings. The number of carbonyl (C=O) groups is 1. The molecular formula is C10H19N3O2. The number of ether oxygens (including phenoxy) is 1. The summed E-state index contributed by atoms with van der Waals surface area (Å²) in [7, 11) is 0. The summed E-state index contributed by atoms with van der Waals surface area (Å²) in [4.78, 5) is 14.4. The van der Waals surface area contributed by atoms with Gasteiger partial charge in [-0.2, -0.15) is 0 Å². The average Bonchev–Trinajstić information content (AvgIpc) is 2.18. The van der Waals surface area contributed by atoms with E-state index in [-0.39, 0.29) is 12.0 Å². The Bertz CT molecular complexity index is 261. The summed E-state index contributed by atoms with van der Waals surface area (Å²) in [6, 6.07) is -0.190. The average molecular weight is 213 g/mol. The summed E-state index contributed by atoms with van der Waals surface area (Å²) in [5, 5.41) is 3.57. The smallest absolute Gasteiger partial charge is 0.311 e. The molecule has 0 heterocycles. The molecule has 15 heavy (non-hydrogen) atoms. The Labute approximate surface area is 90.4 Å². The molecule has 86 valence electrons. The Kier molecular flexibility index (Phi) is 5.79. The zero-order chi connectivity index (χ0) is 11.9. The first-order valence-corrected chi connectivity index (χ1v) is 5.21. The van der Waals surface area contributed by atoms with Crippen molar-refractivity contribution in [3.05, 3.63) is 10.4 Å². The molecule has 0 spiro atoms. The lowest BCUT2D eigenvalue weighted by molar-refractivity contribution is -0.155. The number of hydrogen-bond donors (Lipinski definition) is 0. The molecule has 0 rings (SSSR count). The molecule has 2 atom stereocenters. The first-order chi connectivity index (χ1) is 7.00. The summed E-state index contributed by atoms with van der Waals surface area (Å²) in [5.41, 5.74) is 7.74. The molecule has 0 radical (unpaired) electrons. The minimum atomic E-state index is -0.552. The number of azide groups is 1. The topological polar surface area (TPSA) is 75.1 Å². The third-order valence-electron chi connectivity index (χ3n) is 2.54. The predicted molar refractivity (Wildman–Crippen MR) is 58.3 cm³/mol. The number of esters is 1. The van der Waals surface area contributed by atoms with Crippen LogP contribution in [-0.4, -0.2) is 18.6 Å². The van der Waals surface area contributed by atoms with E-state index in [1.165, 1.54) is 0 Å². The van der Waals surface area contributed by atoms with Gasteiger partial charge >= 0.3 is 5.97 Å². The van der Waals surface area contributed by atoms with Gasteiger partial charge in [-0.1, -0.05) is 19.0 Å². The fourth-order valence-corrected chi connectivity index (χ4v) is 1.46. The van der Waals surface area contributed by atoms with Crippen molar-refractivity contribution in [2.75, 3.05) is 6.61 Å². The Balaban J connectivity index is 4.55. The largest absolute Gasteiger partial charge is 0.466 e. The SMILES string of the molecule is CCOC(=O)C(C)(CC)CC(C)N=[N+]=[N-]. The van der Waals surface area contributed by atoms with E-state index in [2.05, 4.69) is 10.0 Å². The van der Waals surface area contributed by atoms with Crippen LogP contribution in [0.25, 0.3) is 10.4 Å². The normalized spacial score (nSPS) is 16.0. The molecule has 0 aliphatic carbocycles. The molecule has 0 amide bonds. The van der Waals surface area contributed by atoms with Crippen LogP contribution in [0.3, 0.4) is 0 Å². The maximum Gasteiger partial charge on any atom is 0.311 e. The van der Waals surface area contributed by atoms with E-state index < -0.39 is 5.41 Å². The highest BCUT2D eigenvalue weighted by Crippen LogP contribution is 2.30. The maximum absolute atomic E-state index is 11.7.